The average Bonchev–Trinajstić information content (AvgIpc) is 2.60. The molecule has 1 amide bonds. The second-order valence-corrected chi connectivity index (χ2v) is 7.90. The fraction of sp³-hybridized carbons (Fsp3) is 0.600. The number of hydrogen-bond donors (Lipinski definition) is 2. The first-order chi connectivity index (χ1) is 12.6. The molecule has 1 fully saturated rings. The van der Waals surface area contributed by atoms with Crippen molar-refractivity contribution in [1.29, 1.82) is 0 Å². The lowest BCUT2D eigenvalue weighted by Crippen LogP contribution is -2.49. The van der Waals surface area contributed by atoms with Crippen LogP contribution in [0.2, 0.25) is 0 Å². The highest BCUT2D eigenvalue weighted by atomic mass is 16.6. The Kier molecular flexibility index (Phi) is 7.21. The molecule has 1 aliphatic rings. The van der Waals surface area contributed by atoms with Gasteiger partial charge in [0.1, 0.15) is 18.0 Å². The fourth-order valence-corrected chi connectivity index (χ4v) is 3.01. The molecule has 7 heteroatoms. The van der Waals surface area contributed by atoms with Gasteiger partial charge in [0.15, 0.2) is 0 Å². The van der Waals surface area contributed by atoms with Crippen LogP contribution in [-0.4, -0.2) is 59.3 Å². The molecule has 0 aliphatic carbocycles. The van der Waals surface area contributed by atoms with Crippen LogP contribution in [-0.2, 0) is 25.5 Å². The Bertz CT molecular complexity index is 631. The standard InChI is InChI=1S/C20H30N2O5/c1-20(2,3)27-18(24)13-26-16-8-10-22(11-9-16)19(25)17(21)12-14-4-6-15(23)7-5-14/h4-7,16-17,23H,8-13,21H2,1-3H3/t17-/m0/s1. The lowest BCUT2D eigenvalue weighted by molar-refractivity contribution is -0.163. The van der Waals surface area contributed by atoms with Crippen molar-refractivity contribution in [2.75, 3.05) is 19.7 Å². The molecule has 150 valence electrons. The van der Waals surface area contributed by atoms with Crippen molar-refractivity contribution in [3.63, 3.8) is 0 Å². The summed E-state index contributed by atoms with van der Waals surface area (Å²) in [6, 6.07) is 6.08. The number of phenolic OH excluding ortho intramolecular Hbond substituents is 1. The Balaban J connectivity index is 1.73. The van der Waals surface area contributed by atoms with Gasteiger partial charge in [-0.15, -0.1) is 0 Å². The third-order valence-corrected chi connectivity index (χ3v) is 4.32. The van der Waals surface area contributed by atoms with Crippen LogP contribution in [0.25, 0.3) is 0 Å². The first-order valence-electron chi connectivity index (χ1n) is 9.30. The lowest BCUT2D eigenvalue weighted by Gasteiger charge is -2.33. The van der Waals surface area contributed by atoms with Gasteiger partial charge in [-0.1, -0.05) is 12.1 Å². The normalized spacial score (nSPS) is 16.8. The van der Waals surface area contributed by atoms with Gasteiger partial charge in [-0.25, -0.2) is 4.79 Å². The minimum absolute atomic E-state index is 0.0603. The molecule has 27 heavy (non-hydrogen) atoms. The summed E-state index contributed by atoms with van der Waals surface area (Å²) in [5, 5.41) is 9.31. The molecule has 1 heterocycles. The highest BCUT2D eigenvalue weighted by molar-refractivity contribution is 5.82. The van der Waals surface area contributed by atoms with E-state index in [1.807, 2.05) is 20.8 Å². The minimum Gasteiger partial charge on any atom is -0.508 e. The highest BCUT2D eigenvalue weighted by Crippen LogP contribution is 2.17. The molecule has 1 aromatic carbocycles. The molecule has 0 bridgehead atoms. The van der Waals surface area contributed by atoms with Crippen molar-refractivity contribution in [3.05, 3.63) is 29.8 Å². The molecule has 7 nitrogen and oxygen atoms in total. The molecule has 2 rings (SSSR count). The number of aromatic hydroxyl groups is 1. The van der Waals surface area contributed by atoms with Crippen LogP contribution in [0.15, 0.2) is 24.3 Å². The van der Waals surface area contributed by atoms with Gasteiger partial charge in [0.05, 0.1) is 12.1 Å². The van der Waals surface area contributed by atoms with Crippen LogP contribution >= 0.6 is 0 Å². The van der Waals surface area contributed by atoms with Crippen LogP contribution in [0, 0.1) is 0 Å². The molecular weight excluding hydrogens is 348 g/mol. The zero-order valence-corrected chi connectivity index (χ0v) is 16.3. The van der Waals surface area contributed by atoms with Crippen LogP contribution in [0.5, 0.6) is 5.75 Å². The van der Waals surface area contributed by atoms with Gasteiger partial charge in [0.25, 0.3) is 0 Å². The third kappa shape index (κ3) is 7.19. The van der Waals surface area contributed by atoms with E-state index in [1.165, 1.54) is 0 Å². The van der Waals surface area contributed by atoms with Crippen LogP contribution in [0.4, 0.5) is 0 Å². The van der Waals surface area contributed by atoms with Gasteiger partial charge >= 0.3 is 5.97 Å². The van der Waals surface area contributed by atoms with E-state index in [4.69, 9.17) is 15.2 Å². The number of carbonyl (C=O) groups excluding carboxylic acids is 2. The Hall–Kier alpha value is -2.12. The zero-order chi connectivity index (χ0) is 20.0. The number of amides is 1. The third-order valence-electron chi connectivity index (χ3n) is 4.32. The molecule has 1 aliphatic heterocycles. The van der Waals surface area contributed by atoms with E-state index < -0.39 is 11.6 Å². The molecule has 1 aromatic rings. The number of nitrogens with two attached hydrogens (primary N) is 1. The summed E-state index contributed by atoms with van der Waals surface area (Å²) in [4.78, 5) is 26.0. The van der Waals surface area contributed by atoms with Gasteiger partial charge < -0.3 is 25.2 Å². The van der Waals surface area contributed by atoms with E-state index >= 15 is 0 Å². The quantitative estimate of drug-likeness (QED) is 0.729. The first kappa shape index (κ1) is 21.2. The van der Waals surface area contributed by atoms with Crippen molar-refractivity contribution < 1.29 is 24.2 Å². The Morgan fingerprint density at radius 3 is 2.37 bits per heavy atom. The summed E-state index contributed by atoms with van der Waals surface area (Å²) in [6.45, 7) is 6.49. The second-order valence-electron chi connectivity index (χ2n) is 7.90. The predicted molar refractivity (Wildman–Crippen MR) is 101 cm³/mol. The second kappa shape index (κ2) is 9.19. The van der Waals surface area contributed by atoms with Crippen molar-refractivity contribution in [3.8, 4) is 5.75 Å². The van der Waals surface area contributed by atoms with Crippen molar-refractivity contribution >= 4 is 11.9 Å². The summed E-state index contributed by atoms with van der Waals surface area (Å²) in [7, 11) is 0. The summed E-state index contributed by atoms with van der Waals surface area (Å²) < 4.78 is 10.8. The average molecular weight is 378 g/mol. The largest absolute Gasteiger partial charge is 0.508 e. The number of rotatable bonds is 6. The van der Waals surface area contributed by atoms with E-state index in [-0.39, 0.29) is 30.3 Å². The summed E-state index contributed by atoms with van der Waals surface area (Å²) in [6.07, 6.45) is 1.70. The number of piperidine rings is 1. The SMILES string of the molecule is CC(C)(C)OC(=O)COC1CCN(C(=O)[C@@H](N)Cc2ccc(O)cc2)CC1. The summed E-state index contributed by atoms with van der Waals surface area (Å²) in [5.41, 5.74) is 6.45. The molecule has 0 aromatic heterocycles. The smallest absolute Gasteiger partial charge is 0.332 e. The number of carbonyl (C=O) groups is 2. The van der Waals surface area contributed by atoms with Gasteiger partial charge in [-0.3, -0.25) is 4.79 Å². The molecule has 1 saturated heterocycles. The number of phenols is 1. The fourth-order valence-electron chi connectivity index (χ4n) is 3.01. The van der Waals surface area contributed by atoms with E-state index in [9.17, 15) is 14.7 Å². The van der Waals surface area contributed by atoms with Gasteiger partial charge in [0.2, 0.25) is 5.91 Å². The van der Waals surface area contributed by atoms with Crippen LogP contribution in [0.3, 0.4) is 0 Å². The highest BCUT2D eigenvalue weighted by Gasteiger charge is 2.27. The molecule has 0 saturated carbocycles. The number of likely N-dealkylation sites (tertiary alicyclic amines) is 1. The summed E-state index contributed by atoms with van der Waals surface area (Å²) >= 11 is 0. The maximum absolute atomic E-state index is 12.5. The molecule has 0 unspecified atom stereocenters. The Morgan fingerprint density at radius 1 is 1.22 bits per heavy atom. The molecule has 1 atom stereocenters. The van der Waals surface area contributed by atoms with Gasteiger partial charge in [-0.2, -0.15) is 0 Å². The number of esters is 1. The number of nitrogens with zero attached hydrogens (tertiary/aromatic N) is 1. The van der Waals surface area contributed by atoms with E-state index in [1.54, 1.807) is 29.2 Å². The molecule has 0 radical (unpaired) electrons. The Morgan fingerprint density at radius 2 is 1.81 bits per heavy atom. The monoisotopic (exact) mass is 378 g/mol. The van der Waals surface area contributed by atoms with Crippen LogP contribution < -0.4 is 5.73 Å². The van der Waals surface area contributed by atoms with Crippen LogP contribution in [0.1, 0.15) is 39.2 Å². The van der Waals surface area contributed by atoms with E-state index in [0.717, 1.165) is 5.56 Å². The maximum atomic E-state index is 12.5. The number of benzene rings is 1. The molecule has 3 N–H and O–H groups in total. The van der Waals surface area contributed by atoms with E-state index in [0.29, 0.717) is 32.4 Å². The minimum atomic E-state index is -0.617. The molecule has 0 spiro atoms. The lowest BCUT2D eigenvalue weighted by atomic mass is 10.0. The van der Waals surface area contributed by atoms with Crippen molar-refractivity contribution in [1.82, 2.24) is 4.90 Å². The topological polar surface area (TPSA) is 102 Å². The first-order valence-corrected chi connectivity index (χ1v) is 9.30. The van der Waals surface area contributed by atoms with E-state index in [2.05, 4.69) is 0 Å². The number of hydrogen-bond acceptors (Lipinski definition) is 6. The van der Waals surface area contributed by atoms with Gasteiger partial charge in [-0.05, 0) is 57.7 Å². The molecular formula is C20H30N2O5. The maximum Gasteiger partial charge on any atom is 0.332 e. The van der Waals surface area contributed by atoms with Crippen molar-refractivity contribution in [2.45, 2.75) is 57.8 Å². The predicted octanol–water partition coefficient (Wildman–Crippen LogP) is 1.61. The summed E-state index contributed by atoms with van der Waals surface area (Å²) in [5.74, 6) is -0.280. The Labute approximate surface area is 160 Å². The number of ether oxygens (including phenoxy) is 2. The van der Waals surface area contributed by atoms with Gasteiger partial charge in [0, 0.05) is 13.1 Å². The van der Waals surface area contributed by atoms with Crippen molar-refractivity contribution in [2.24, 2.45) is 5.73 Å². The zero-order valence-electron chi connectivity index (χ0n) is 16.3.